The van der Waals surface area contributed by atoms with Gasteiger partial charge in [0.05, 0.1) is 24.9 Å². The Morgan fingerprint density at radius 2 is 1.86 bits per heavy atom. The molecule has 1 aromatic rings. The summed E-state index contributed by atoms with van der Waals surface area (Å²) in [7, 11) is 4.27. The Morgan fingerprint density at radius 1 is 1.29 bits per heavy atom. The topological polar surface area (TPSA) is 88.1 Å². The van der Waals surface area contributed by atoms with Gasteiger partial charge >= 0.3 is 12.0 Å². The van der Waals surface area contributed by atoms with E-state index in [2.05, 4.69) is 5.32 Å². The third-order valence-corrected chi connectivity index (χ3v) is 3.27. The lowest BCUT2D eigenvalue weighted by molar-refractivity contribution is -0.141. The van der Waals surface area contributed by atoms with Crippen molar-refractivity contribution in [1.82, 2.24) is 4.90 Å². The number of hydrogen-bond acceptors (Lipinski definition) is 4. The predicted octanol–water partition coefficient (Wildman–Crippen LogP) is 2.29. The number of benzene rings is 1. The summed E-state index contributed by atoms with van der Waals surface area (Å²) >= 11 is 5.99. The lowest BCUT2D eigenvalue weighted by Crippen LogP contribution is -2.42. The lowest BCUT2D eigenvalue weighted by atomic mass is 10.2. The van der Waals surface area contributed by atoms with E-state index in [4.69, 9.17) is 26.2 Å². The standard InChI is InChI=1S/C13H17ClN2O5/c1-7(12(17)18)16(2)13(19)15-9-5-8(14)10(20-3)6-11(9)21-4/h5-7H,1-4H3,(H,15,19)(H,17,18). The van der Waals surface area contributed by atoms with Crippen LogP contribution < -0.4 is 14.8 Å². The zero-order valence-electron chi connectivity index (χ0n) is 12.1. The average molecular weight is 317 g/mol. The number of nitrogens with one attached hydrogen (secondary N) is 1. The molecule has 0 heterocycles. The summed E-state index contributed by atoms with van der Waals surface area (Å²) in [6, 6.07) is 1.43. The molecule has 116 valence electrons. The molecule has 0 aliphatic rings. The SMILES string of the molecule is COc1cc(OC)c(NC(=O)N(C)C(C)C(=O)O)cc1Cl. The number of aliphatic carboxylic acids is 1. The van der Waals surface area contributed by atoms with Crippen LogP contribution in [0.2, 0.25) is 5.02 Å². The minimum Gasteiger partial charge on any atom is -0.495 e. The molecule has 0 saturated heterocycles. The van der Waals surface area contributed by atoms with Crippen LogP contribution in [0.1, 0.15) is 6.92 Å². The number of carboxylic acid groups (broad SMARTS) is 1. The second-order valence-corrected chi connectivity index (χ2v) is 4.65. The van der Waals surface area contributed by atoms with Crippen molar-refractivity contribution in [1.29, 1.82) is 0 Å². The second kappa shape index (κ2) is 7.03. The highest BCUT2D eigenvalue weighted by atomic mass is 35.5. The lowest BCUT2D eigenvalue weighted by Gasteiger charge is -2.22. The smallest absolute Gasteiger partial charge is 0.326 e. The molecule has 8 heteroatoms. The summed E-state index contributed by atoms with van der Waals surface area (Å²) < 4.78 is 10.2. The summed E-state index contributed by atoms with van der Waals surface area (Å²) in [6.07, 6.45) is 0. The van der Waals surface area contributed by atoms with E-state index >= 15 is 0 Å². The number of carbonyl (C=O) groups is 2. The Morgan fingerprint density at radius 3 is 2.33 bits per heavy atom. The molecular weight excluding hydrogens is 300 g/mol. The van der Waals surface area contributed by atoms with Crippen molar-refractivity contribution in [2.75, 3.05) is 26.6 Å². The number of carboxylic acids is 1. The van der Waals surface area contributed by atoms with Gasteiger partial charge in [0.25, 0.3) is 0 Å². The van der Waals surface area contributed by atoms with Crippen LogP contribution in [-0.4, -0.2) is 49.3 Å². The zero-order chi connectivity index (χ0) is 16.2. The molecule has 0 saturated carbocycles. The predicted molar refractivity (Wildman–Crippen MR) is 78.4 cm³/mol. The van der Waals surface area contributed by atoms with E-state index < -0.39 is 18.0 Å². The average Bonchev–Trinajstić information content (AvgIpc) is 2.45. The van der Waals surface area contributed by atoms with Gasteiger partial charge in [-0.2, -0.15) is 0 Å². The van der Waals surface area contributed by atoms with E-state index in [1.807, 2.05) is 0 Å². The normalized spacial score (nSPS) is 11.5. The zero-order valence-corrected chi connectivity index (χ0v) is 12.9. The van der Waals surface area contributed by atoms with Gasteiger partial charge in [-0.15, -0.1) is 0 Å². The Balaban J connectivity index is 2.99. The Kier molecular flexibility index (Phi) is 5.66. The van der Waals surface area contributed by atoms with E-state index in [9.17, 15) is 9.59 Å². The first-order valence-corrected chi connectivity index (χ1v) is 6.37. The number of hydrogen-bond donors (Lipinski definition) is 2. The molecule has 0 fully saturated rings. The summed E-state index contributed by atoms with van der Waals surface area (Å²) in [5, 5.41) is 11.7. The van der Waals surface area contributed by atoms with Crippen molar-refractivity contribution < 1.29 is 24.2 Å². The Bertz CT molecular complexity index is 550. The summed E-state index contributed by atoms with van der Waals surface area (Å²) in [6.45, 7) is 1.40. The summed E-state index contributed by atoms with van der Waals surface area (Å²) in [5.41, 5.74) is 0.317. The number of anilines is 1. The molecule has 0 bridgehead atoms. The fraction of sp³-hybridized carbons (Fsp3) is 0.385. The fourth-order valence-electron chi connectivity index (χ4n) is 1.50. The minimum absolute atomic E-state index is 0.294. The van der Waals surface area contributed by atoms with Crippen molar-refractivity contribution in [3.05, 3.63) is 17.2 Å². The van der Waals surface area contributed by atoms with Crippen LogP contribution in [0.5, 0.6) is 11.5 Å². The van der Waals surface area contributed by atoms with Crippen LogP contribution in [0.15, 0.2) is 12.1 Å². The number of halogens is 1. The number of urea groups is 1. The molecule has 0 spiro atoms. The highest BCUT2D eigenvalue weighted by molar-refractivity contribution is 6.32. The number of ether oxygens (including phenoxy) is 2. The highest BCUT2D eigenvalue weighted by Gasteiger charge is 2.23. The van der Waals surface area contributed by atoms with Gasteiger partial charge in [0, 0.05) is 13.1 Å². The van der Waals surface area contributed by atoms with Crippen LogP contribution in [0.3, 0.4) is 0 Å². The Labute approximate surface area is 127 Å². The van der Waals surface area contributed by atoms with Crippen molar-refractivity contribution in [3.63, 3.8) is 0 Å². The van der Waals surface area contributed by atoms with Gasteiger partial charge in [-0.25, -0.2) is 9.59 Å². The number of likely N-dealkylation sites (N-methyl/N-ethyl adjacent to an activating group) is 1. The summed E-state index contributed by atoms with van der Waals surface area (Å²) in [5.74, 6) is -0.355. The van der Waals surface area contributed by atoms with Crippen molar-refractivity contribution in [2.45, 2.75) is 13.0 Å². The van der Waals surface area contributed by atoms with E-state index in [0.717, 1.165) is 4.90 Å². The molecule has 0 radical (unpaired) electrons. The number of nitrogens with zero attached hydrogens (tertiary/aromatic N) is 1. The molecular formula is C13H17ClN2O5. The highest BCUT2D eigenvalue weighted by Crippen LogP contribution is 2.35. The van der Waals surface area contributed by atoms with Crippen LogP contribution in [-0.2, 0) is 4.79 Å². The largest absolute Gasteiger partial charge is 0.495 e. The number of carbonyl (C=O) groups excluding carboxylic acids is 1. The van der Waals surface area contributed by atoms with Crippen molar-refractivity contribution in [2.24, 2.45) is 0 Å². The minimum atomic E-state index is -1.10. The first-order chi connectivity index (χ1) is 9.81. The molecule has 1 rings (SSSR count). The summed E-state index contributed by atoms with van der Waals surface area (Å²) in [4.78, 5) is 23.9. The van der Waals surface area contributed by atoms with E-state index in [-0.39, 0.29) is 0 Å². The van der Waals surface area contributed by atoms with E-state index in [1.165, 1.54) is 40.3 Å². The van der Waals surface area contributed by atoms with Crippen LogP contribution in [0.25, 0.3) is 0 Å². The van der Waals surface area contributed by atoms with Gasteiger partial charge in [0.2, 0.25) is 0 Å². The molecule has 0 aliphatic carbocycles. The van der Waals surface area contributed by atoms with Crippen molar-refractivity contribution >= 4 is 29.3 Å². The van der Waals surface area contributed by atoms with Crippen LogP contribution in [0.4, 0.5) is 10.5 Å². The molecule has 7 nitrogen and oxygen atoms in total. The monoisotopic (exact) mass is 316 g/mol. The first kappa shape index (κ1) is 16.9. The van der Waals surface area contributed by atoms with Crippen LogP contribution in [0, 0.1) is 0 Å². The number of rotatable bonds is 5. The van der Waals surface area contributed by atoms with Gasteiger partial charge in [-0.3, -0.25) is 0 Å². The number of amides is 2. The number of methoxy groups -OCH3 is 2. The van der Waals surface area contributed by atoms with Gasteiger partial charge in [0.1, 0.15) is 17.5 Å². The molecule has 0 aromatic heterocycles. The molecule has 2 N–H and O–H groups in total. The maximum absolute atomic E-state index is 12.0. The maximum Gasteiger partial charge on any atom is 0.326 e. The molecule has 0 aliphatic heterocycles. The molecule has 21 heavy (non-hydrogen) atoms. The van der Waals surface area contributed by atoms with Crippen LogP contribution >= 0.6 is 11.6 Å². The quantitative estimate of drug-likeness (QED) is 0.870. The van der Waals surface area contributed by atoms with E-state index in [0.29, 0.717) is 22.2 Å². The molecule has 1 aromatic carbocycles. The maximum atomic E-state index is 12.0. The molecule has 1 unspecified atom stereocenters. The Hall–Kier alpha value is -2.15. The fourth-order valence-corrected chi connectivity index (χ4v) is 1.74. The van der Waals surface area contributed by atoms with Gasteiger partial charge in [0.15, 0.2) is 0 Å². The first-order valence-electron chi connectivity index (χ1n) is 6.00. The van der Waals surface area contributed by atoms with Gasteiger partial charge in [-0.05, 0) is 13.0 Å². The van der Waals surface area contributed by atoms with Crippen molar-refractivity contribution in [3.8, 4) is 11.5 Å². The molecule has 2 amide bonds. The third kappa shape index (κ3) is 3.91. The van der Waals surface area contributed by atoms with E-state index in [1.54, 1.807) is 0 Å². The second-order valence-electron chi connectivity index (χ2n) is 4.24. The van der Waals surface area contributed by atoms with Gasteiger partial charge in [-0.1, -0.05) is 11.6 Å². The van der Waals surface area contributed by atoms with Gasteiger partial charge < -0.3 is 24.8 Å². The molecule has 1 atom stereocenters. The third-order valence-electron chi connectivity index (χ3n) is 2.97.